The van der Waals surface area contributed by atoms with Crippen LogP contribution in [0.2, 0.25) is 0 Å². The van der Waals surface area contributed by atoms with E-state index < -0.39 is 50.1 Å². The lowest BCUT2D eigenvalue weighted by atomic mass is 10.1. The summed E-state index contributed by atoms with van der Waals surface area (Å²) in [7, 11) is 0. The molecule has 0 radical (unpaired) electrons. The van der Waals surface area contributed by atoms with E-state index in [2.05, 4.69) is 4.98 Å². The van der Waals surface area contributed by atoms with E-state index in [9.17, 15) is 19.2 Å². The molecule has 0 aliphatic carbocycles. The van der Waals surface area contributed by atoms with Crippen molar-refractivity contribution in [1.82, 2.24) is 9.88 Å². The van der Waals surface area contributed by atoms with Gasteiger partial charge in [0.05, 0.1) is 30.0 Å². The van der Waals surface area contributed by atoms with Crippen LogP contribution in [0, 0.1) is 0 Å². The van der Waals surface area contributed by atoms with E-state index in [0.29, 0.717) is 16.6 Å². The number of rotatable bonds is 11. The molecule has 154 valence electrons. The second-order valence-corrected chi connectivity index (χ2v) is 6.23. The highest BCUT2D eigenvalue weighted by Crippen LogP contribution is 2.26. The number of para-hydroxylation sites is 1. The third-order valence-electron chi connectivity index (χ3n) is 3.85. The fourth-order valence-electron chi connectivity index (χ4n) is 2.85. The maximum absolute atomic E-state index is 11.1. The van der Waals surface area contributed by atoms with Crippen LogP contribution in [0.5, 0.6) is 0 Å². The summed E-state index contributed by atoms with van der Waals surface area (Å²) >= 11 is 0. The van der Waals surface area contributed by atoms with Gasteiger partial charge in [-0.1, -0.05) is 18.2 Å². The van der Waals surface area contributed by atoms with Crippen molar-refractivity contribution in [2.75, 3.05) is 31.1 Å². The summed E-state index contributed by atoms with van der Waals surface area (Å²) in [6.45, 7) is -2.18. The maximum Gasteiger partial charge on any atom is 0.323 e. The number of pyridine rings is 1. The van der Waals surface area contributed by atoms with Gasteiger partial charge < -0.3 is 25.3 Å². The van der Waals surface area contributed by atoms with Gasteiger partial charge >= 0.3 is 23.9 Å². The zero-order valence-corrected chi connectivity index (χ0v) is 15.2. The van der Waals surface area contributed by atoms with Gasteiger partial charge in [0.25, 0.3) is 0 Å². The van der Waals surface area contributed by atoms with Crippen molar-refractivity contribution in [2.24, 2.45) is 0 Å². The summed E-state index contributed by atoms with van der Waals surface area (Å²) in [5.74, 6) is -4.81. The zero-order valence-electron chi connectivity index (χ0n) is 15.2. The number of anilines is 1. The largest absolute Gasteiger partial charge is 0.480 e. The normalized spacial score (nSPS) is 10.8. The summed E-state index contributed by atoms with van der Waals surface area (Å²) in [6.07, 6.45) is 0. The van der Waals surface area contributed by atoms with E-state index in [4.69, 9.17) is 20.4 Å². The number of carboxylic acid groups (broad SMARTS) is 4. The Hall–Kier alpha value is -3.73. The molecule has 0 aliphatic heterocycles. The Morgan fingerprint density at radius 3 is 1.83 bits per heavy atom. The van der Waals surface area contributed by atoms with Gasteiger partial charge in [-0.05, 0) is 12.1 Å². The van der Waals surface area contributed by atoms with Gasteiger partial charge in [0, 0.05) is 11.9 Å². The standard InChI is InChI=1S/C18H19N3O8/c22-14(23)7-20(8-15(24)25)6-12-5-4-11-2-1-3-13(18(11)19-12)21(9-16(26)27)10-17(28)29/h1-5H,6-10H2,(H,22,23)(H,24,25)(H,26,27)(H,28,29). The molecule has 1 heterocycles. The number of fused-ring (bicyclic) bond motifs is 1. The molecule has 2 rings (SSSR count). The van der Waals surface area contributed by atoms with E-state index in [1.54, 1.807) is 24.3 Å². The fourth-order valence-corrected chi connectivity index (χ4v) is 2.85. The number of hydrogen-bond donors (Lipinski definition) is 4. The van der Waals surface area contributed by atoms with Crippen LogP contribution < -0.4 is 4.90 Å². The summed E-state index contributed by atoms with van der Waals surface area (Å²) in [5, 5.41) is 36.7. The molecule has 0 amide bonds. The van der Waals surface area contributed by atoms with Crippen molar-refractivity contribution in [3.63, 3.8) is 0 Å². The first-order valence-electron chi connectivity index (χ1n) is 8.39. The van der Waals surface area contributed by atoms with Gasteiger partial charge in [-0.2, -0.15) is 0 Å². The number of hydrogen-bond acceptors (Lipinski definition) is 7. The van der Waals surface area contributed by atoms with Crippen molar-refractivity contribution in [2.45, 2.75) is 6.54 Å². The minimum atomic E-state index is -1.21. The molecule has 0 spiro atoms. The Balaban J connectivity index is 2.43. The summed E-state index contributed by atoms with van der Waals surface area (Å²) < 4.78 is 0. The number of aromatic nitrogens is 1. The number of carboxylic acids is 4. The van der Waals surface area contributed by atoms with Crippen LogP contribution in [0.3, 0.4) is 0 Å². The van der Waals surface area contributed by atoms with E-state index in [0.717, 1.165) is 4.90 Å². The SMILES string of the molecule is O=C(O)CN(CC(=O)O)Cc1ccc2cccc(N(CC(=O)O)CC(=O)O)c2n1. The summed E-state index contributed by atoms with van der Waals surface area (Å²) in [4.78, 5) is 51.0. The fraction of sp³-hybridized carbons (Fsp3) is 0.278. The smallest absolute Gasteiger partial charge is 0.323 e. The number of nitrogens with zero attached hydrogens (tertiary/aromatic N) is 3. The molecule has 1 aromatic carbocycles. The number of aliphatic carboxylic acids is 4. The van der Waals surface area contributed by atoms with Crippen LogP contribution >= 0.6 is 0 Å². The topological polar surface area (TPSA) is 169 Å². The van der Waals surface area contributed by atoms with Crippen LogP contribution in [0.4, 0.5) is 5.69 Å². The van der Waals surface area contributed by atoms with Crippen LogP contribution in [0.15, 0.2) is 30.3 Å². The average molecular weight is 405 g/mol. The first-order chi connectivity index (χ1) is 13.7. The lowest BCUT2D eigenvalue weighted by Crippen LogP contribution is -2.35. The number of benzene rings is 1. The second kappa shape index (κ2) is 9.46. The van der Waals surface area contributed by atoms with Gasteiger partial charge in [-0.3, -0.25) is 24.1 Å². The minimum absolute atomic E-state index is 0.0687. The first-order valence-corrected chi connectivity index (χ1v) is 8.39. The highest BCUT2D eigenvalue weighted by molar-refractivity contribution is 5.93. The van der Waals surface area contributed by atoms with E-state index in [-0.39, 0.29) is 12.2 Å². The molecule has 0 fully saturated rings. The molecular formula is C18H19N3O8. The first kappa shape index (κ1) is 21.6. The molecule has 11 heteroatoms. The number of carbonyl (C=O) groups is 4. The van der Waals surface area contributed by atoms with Gasteiger partial charge in [0.2, 0.25) is 0 Å². The highest BCUT2D eigenvalue weighted by Gasteiger charge is 2.19. The van der Waals surface area contributed by atoms with Gasteiger partial charge in [-0.15, -0.1) is 0 Å². The molecule has 11 nitrogen and oxygen atoms in total. The van der Waals surface area contributed by atoms with Crippen molar-refractivity contribution in [1.29, 1.82) is 0 Å². The van der Waals surface area contributed by atoms with Crippen LogP contribution in [0.1, 0.15) is 5.69 Å². The molecule has 1 aromatic heterocycles. The van der Waals surface area contributed by atoms with Gasteiger partial charge in [-0.25, -0.2) is 4.98 Å². The molecule has 4 N–H and O–H groups in total. The van der Waals surface area contributed by atoms with Crippen LogP contribution in [0.25, 0.3) is 10.9 Å². The summed E-state index contributed by atoms with van der Waals surface area (Å²) in [5.41, 5.74) is 0.980. The van der Waals surface area contributed by atoms with Crippen LogP contribution in [-0.4, -0.2) is 80.4 Å². The second-order valence-electron chi connectivity index (χ2n) is 6.23. The van der Waals surface area contributed by atoms with Gasteiger partial charge in [0.15, 0.2) is 0 Å². The van der Waals surface area contributed by atoms with Crippen molar-refractivity contribution in [3.05, 3.63) is 36.0 Å². The molecule has 0 atom stereocenters. The minimum Gasteiger partial charge on any atom is -0.480 e. The maximum atomic E-state index is 11.1. The third-order valence-corrected chi connectivity index (χ3v) is 3.85. The Morgan fingerprint density at radius 2 is 1.31 bits per heavy atom. The molecule has 0 saturated heterocycles. The lowest BCUT2D eigenvalue weighted by molar-refractivity contribution is -0.142. The predicted molar refractivity (Wildman–Crippen MR) is 99.8 cm³/mol. The van der Waals surface area contributed by atoms with Crippen molar-refractivity contribution >= 4 is 40.5 Å². The van der Waals surface area contributed by atoms with Crippen LogP contribution in [-0.2, 0) is 25.7 Å². The average Bonchev–Trinajstić information content (AvgIpc) is 2.58. The van der Waals surface area contributed by atoms with Gasteiger partial charge in [0.1, 0.15) is 13.1 Å². The Bertz CT molecular complexity index is 914. The van der Waals surface area contributed by atoms with E-state index in [1.807, 2.05) is 0 Å². The monoisotopic (exact) mass is 405 g/mol. The third kappa shape index (κ3) is 6.43. The van der Waals surface area contributed by atoms with Crippen molar-refractivity contribution in [3.8, 4) is 0 Å². The molecule has 2 aromatic rings. The molecule has 0 unspecified atom stereocenters. The highest BCUT2D eigenvalue weighted by atomic mass is 16.4. The predicted octanol–water partition coefficient (Wildman–Crippen LogP) is 0.182. The quantitative estimate of drug-likeness (QED) is 0.402. The Labute approximate surface area is 164 Å². The molecule has 0 aliphatic rings. The molecule has 0 saturated carbocycles. The summed E-state index contributed by atoms with van der Waals surface area (Å²) in [6, 6.07) is 8.15. The van der Waals surface area contributed by atoms with E-state index >= 15 is 0 Å². The Morgan fingerprint density at radius 1 is 0.759 bits per heavy atom. The molecular weight excluding hydrogens is 386 g/mol. The van der Waals surface area contributed by atoms with E-state index in [1.165, 1.54) is 11.0 Å². The van der Waals surface area contributed by atoms with Crippen molar-refractivity contribution < 1.29 is 39.6 Å². The molecule has 29 heavy (non-hydrogen) atoms. The Kier molecular flexibility index (Phi) is 7.04. The lowest BCUT2D eigenvalue weighted by Gasteiger charge is -2.22. The zero-order chi connectivity index (χ0) is 21.6. The molecule has 0 bridgehead atoms.